The number of anilines is 2. The van der Waals surface area contributed by atoms with Crippen molar-refractivity contribution in [2.75, 3.05) is 16.8 Å². The number of aromatic nitrogens is 2. The summed E-state index contributed by atoms with van der Waals surface area (Å²) in [7, 11) is 0. The van der Waals surface area contributed by atoms with Crippen LogP contribution in [0.1, 0.15) is 23.6 Å². The van der Waals surface area contributed by atoms with E-state index in [4.69, 9.17) is 4.98 Å². The molecule has 1 unspecified atom stereocenters. The fourth-order valence-corrected chi connectivity index (χ4v) is 5.78. The zero-order chi connectivity index (χ0) is 24.3. The van der Waals surface area contributed by atoms with Gasteiger partial charge in [0.2, 0.25) is 5.66 Å². The molecule has 36 heavy (non-hydrogen) atoms. The highest BCUT2D eigenvalue weighted by molar-refractivity contribution is 6.12. The summed E-state index contributed by atoms with van der Waals surface area (Å²) in [5.41, 5.74) is 7.02. The fraction of sp³-hybridized carbons (Fsp3) is 0.161. The molecule has 0 saturated heterocycles. The first-order chi connectivity index (χ1) is 17.7. The maximum Gasteiger partial charge on any atom is 0.279 e. The maximum absolute atomic E-state index is 14.7. The third kappa shape index (κ3) is 2.83. The van der Waals surface area contributed by atoms with E-state index in [1.54, 1.807) is 0 Å². The molecule has 1 spiro atoms. The van der Waals surface area contributed by atoms with Gasteiger partial charge >= 0.3 is 0 Å². The van der Waals surface area contributed by atoms with Crippen molar-refractivity contribution in [3.8, 4) is 11.4 Å². The van der Waals surface area contributed by atoms with Gasteiger partial charge in [-0.05, 0) is 60.4 Å². The molecule has 0 fully saturated rings. The van der Waals surface area contributed by atoms with E-state index in [1.165, 1.54) is 11.1 Å². The number of carbonyl (C=O) groups is 1. The third-order valence-corrected chi connectivity index (χ3v) is 7.55. The van der Waals surface area contributed by atoms with Gasteiger partial charge in [-0.15, -0.1) is 0 Å². The van der Waals surface area contributed by atoms with E-state index in [2.05, 4.69) is 59.3 Å². The molecule has 1 N–H and O–H groups in total. The summed E-state index contributed by atoms with van der Waals surface area (Å²) in [4.78, 5) is 21.7. The van der Waals surface area contributed by atoms with E-state index in [0.717, 1.165) is 52.2 Å². The van der Waals surface area contributed by atoms with E-state index in [0.29, 0.717) is 6.54 Å². The van der Waals surface area contributed by atoms with E-state index < -0.39 is 5.66 Å². The molecule has 0 aliphatic carbocycles. The van der Waals surface area contributed by atoms with E-state index in [9.17, 15) is 4.79 Å². The molecule has 2 aliphatic heterocycles. The zero-order valence-electron chi connectivity index (χ0n) is 20.1. The van der Waals surface area contributed by atoms with Gasteiger partial charge in [0.25, 0.3) is 5.91 Å². The molecule has 176 valence electrons. The molecule has 2 aliphatic rings. The minimum absolute atomic E-state index is 0.0283. The number of nitrogens with one attached hydrogen (secondary N) is 1. The van der Waals surface area contributed by atoms with Gasteiger partial charge in [0.1, 0.15) is 5.82 Å². The Labute approximate surface area is 210 Å². The minimum atomic E-state index is -1.10. The average Bonchev–Trinajstić information content (AvgIpc) is 3.43. The lowest BCUT2D eigenvalue weighted by atomic mass is 9.93. The summed E-state index contributed by atoms with van der Waals surface area (Å²) < 4.78 is 2.13. The first-order valence-electron chi connectivity index (χ1n) is 12.6. The first kappa shape index (κ1) is 20.9. The van der Waals surface area contributed by atoms with Crippen molar-refractivity contribution in [3.63, 3.8) is 0 Å². The molecule has 0 bridgehead atoms. The van der Waals surface area contributed by atoms with Gasteiger partial charge < -0.3 is 10.2 Å². The molecule has 4 aromatic carbocycles. The van der Waals surface area contributed by atoms with Crippen LogP contribution in [-0.2, 0) is 23.3 Å². The van der Waals surface area contributed by atoms with E-state index in [1.807, 2.05) is 59.5 Å². The Kier molecular flexibility index (Phi) is 4.55. The van der Waals surface area contributed by atoms with Crippen LogP contribution in [-0.4, -0.2) is 22.0 Å². The van der Waals surface area contributed by atoms with Crippen LogP contribution in [0.3, 0.4) is 0 Å². The highest BCUT2D eigenvalue weighted by Crippen LogP contribution is 2.51. The summed E-state index contributed by atoms with van der Waals surface area (Å²) in [5.74, 6) is 0.845. The number of hydrogen-bond acceptors (Lipinski definition) is 3. The number of fused-ring (bicyclic) bond motifs is 8. The van der Waals surface area contributed by atoms with Crippen LogP contribution in [0.15, 0.2) is 97.1 Å². The second kappa shape index (κ2) is 7.82. The van der Waals surface area contributed by atoms with Gasteiger partial charge in [0, 0.05) is 23.4 Å². The number of para-hydroxylation sites is 3. The molecule has 1 amide bonds. The Morgan fingerprint density at radius 3 is 2.50 bits per heavy atom. The lowest BCUT2D eigenvalue weighted by Crippen LogP contribution is -2.53. The Morgan fingerprint density at radius 2 is 1.64 bits per heavy atom. The van der Waals surface area contributed by atoms with Crippen LogP contribution >= 0.6 is 0 Å². The number of rotatable bonds is 4. The summed E-state index contributed by atoms with van der Waals surface area (Å²) >= 11 is 0. The number of imidazole rings is 1. The fourth-order valence-electron chi connectivity index (χ4n) is 5.78. The lowest BCUT2D eigenvalue weighted by molar-refractivity contribution is -0.123. The monoisotopic (exact) mass is 470 g/mol. The smallest absolute Gasteiger partial charge is 0.279 e. The highest BCUT2D eigenvalue weighted by Gasteiger charge is 2.56. The molecule has 1 aromatic heterocycles. The summed E-state index contributed by atoms with van der Waals surface area (Å²) in [5, 5.41) is 3.72. The van der Waals surface area contributed by atoms with Crippen molar-refractivity contribution in [2.24, 2.45) is 0 Å². The quantitative estimate of drug-likeness (QED) is 0.351. The third-order valence-electron chi connectivity index (χ3n) is 7.55. The molecule has 7 rings (SSSR count). The van der Waals surface area contributed by atoms with Crippen molar-refractivity contribution in [1.82, 2.24) is 9.55 Å². The average molecular weight is 471 g/mol. The Bertz CT molecular complexity index is 1640. The first-order valence-corrected chi connectivity index (χ1v) is 12.6. The lowest BCUT2D eigenvalue weighted by Gasteiger charge is -2.38. The van der Waals surface area contributed by atoms with Crippen LogP contribution in [0.2, 0.25) is 0 Å². The van der Waals surface area contributed by atoms with Crippen molar-refractivity contribution >= 4 is 28.3 Å². The van der Waals surface area contributed by atoms with Gasteiger partial charge in [0.05, 0.1) is 16.7 Å². The topological polar surface area (TPSA) is 50.2 Å². The number of amides is 1. The molecular weight excluding hydrogens is 444 g/mol. The number of carbonyl (C=O) groups excluding carboxylic acids is 1. The summed E-state index contributed by atoms with van der Waals surface area (Å²) in [6.45, 7) is 2.76. The summed E-state index contributed by atoms with van der Waals surface area (Å²) in [6, 6.07) is 33.1. The van der Waals surface area contributed by atoms with Gasteiger partial charge in [0.15, 0.2) is 0 Å². The second-order valence-electron chi connectivity index (χ2n) is 9.54. The Hall–Kier alpha value is -4.38. The normalized spacial score (nSPS) is 17.7. The van der Waals surface area contributed by atoms with Gasteiger partial charge in [-0.1, -0.05) is 67.6 Å². The number of aryl methyl sites for hydroxylation is 1. The van der Waals surface area contributed by atoms with Gasteiger partial charge in [-0.3, -0.25) is 9.36 Å². The molecule has 0 radical (unpaired) electrons. The summed E-state index contributed by atoms with van der Waals surface area (Å²) in [6.07, 6.45) is 1.68. The van der Waals surface area contributed by atoms with Crippen molar-refractivity contribution in [3.05, 3.63) is 114 Å². The molecule has 5 heteroatoms. The molecule has 3 heterocycles. The molecule has 5 aromatic rings. The Morgan fingerprint density at radius 1 is 0.861 bits per heavy atom. The van der Waals surface area contributed by atoms with E-state index in [-0.39, 0.29) is 5.91 Å². The predicted octanol–water partition coefficient (Wildman–Crippen LogP) is 5.98. The molecule has 1 atom stereocenters. The molecule has 5 nitrogen and oxygen atoms in total. The van der Waals surface area contributed by atoms with Crippen LogP contribution in [0.5, 0.6) is 0 Å². The van der Waals surface area contributed by atoms with Gasteiger partial charge in [-0.25, -0.2) is 4.98 Å². The van der Waals surface area contributed by atoms with Crippen molar-refractivity contribution in [1.29, 1.82) is 0 Å². The number of hydrogen-bond donors (Lipinski definition) is 1. The predicted molar refractivity (Wildman–Crippen MR) is 144 cm³/mol. The highest BCUT2D eigenvalue weighted by atomic mass is 16.2. The maximum atomic E-state index is 14.7. The van der Waals surface area contributed by atoms with E-state index >= 15 is 0 Å². The number of benzene rings is 4. The molecule has 0 saturated carbocycles. The van der Waals surface area contributed by atoms with Crippen molar-refractivity contribution < 1.29 is 4.79 Å². The largest absolute Gasteiger partial charge is 0.350 e. The number of nitrogens with zero attached hydrogens (tertiary/aromatic N) is 3. The van der Waals surface area contributed by atoms with Gasteiger partial charge in [-0.2, -0.15) is 0 Å². The Balaban J connectivity index is 1.48. The van der Waals surface area contributed by atoms with Crippen LogP contribution in [0, 0.1) is 0 Å². The van der Waals surface area contributed by atoms with Crippen molar-refractivity contribution in [2.45, 2.75) is 25.4 Å². The minimum Gasteiger partial charge on any atom is -0.350 e. The molecular formula is C31H26N4O. The SMILES string of the molecule is CCc1ccc2c(c1)C1(Nc3ccccc3-c3nc4ccccc4n31)C(=O)N2CCc1ccccc1. The van der Waals surface area contributed by atoms with Crippen LogP contribution in [0.4, 0.5) is 11.4 Å². The zero-order valence-corrected chi connectivity index (χ0v) is 20.1. The second-order valence-corrected chi connectivity index (χ2v) is 9.54. The standard InChI is InChI=1S/C31H26N4O/c1-2-21-16-17-27-24(20-21)31(30(36)34(27)19-18-22-10-4-3-5-11-22)33-25-13-7-6-12-23(25)29-32-26-14-8-9-15-28(26)35(29)31/h3-17,20,33H,2,18-19H2,1H3. The van der Waals surface area contributed by atoms with Crippen LogP contribution < -0.4 is 10.2 Å². The van der Waals surface area contributed by atoms with Crippen LogP contribution in [0.25, 0.3) is 22.4 Å².